The molecule has 0 bridgehead atoms. The van der Waals surface area contributed by atoms with Gasteiger partial charge >= 0.3 is 5.97 Å². The Balaban J connectivity index is 1.43. The molecular formula is C32H32F2N6O3. The molecule has 222 valence electrons. The van der Waals surface area contributed by atoms with E-state index in [9.17, 15) is 19.1 Å². The molecule has 2 fully saturated rings. The Kier molecular flexibility index (Phi) is 6.65. The van der Waals surface area contributed by atoms with Crippen LogP contribution < -0.4 is 15.6 Å². The van der Waals surface area contributed by atoms with Gasteiger partial charge < -0.3 is 24.8 Å². The van der Waals surface area contributed by atoms with E-state index in [0.29, 0.717) is 51.6 Å². The topological polar surface area (TPSA) is 104 Å². The molecule has 3 aromatic heterocycles. The number of nitrogens with one attached hydrogen (secondary N) is 1. The standard InChI is InChI=1S/C32H32F2N6O3/c1-35-24-11-23(33)28(34)26-19(24)10-25-27(26)29(40-8-5-17(15-40)14-39-6-3-4-7-39)21(13-36-25)18-9-20-30(41)22(32(42)43)16-38(2)31(20)37-12-18/h9,11-13,16-17,35H,3-8,10,14-15H2,1-2H3,(H,42,43)/t17-/m0/s1. The number of carboxylic acids is 1. The van der Waals surface area contributed by atoms with Crippen molar-refractivity contribution in [1.82, 2.24) is 19.4 Å². The van der Waals surface area contributed by atoms with E-state index in [1.807, 2.05) is 0 Å². The molecule has 1 aromatic carbocycles. The van der Waals surface area contributed by atoms with E-state index >= 15 is 4.39 Å². The normalized spacial score (nSPS) is 18.0. The summed E-state index contributed by atoms with van der Waals surface area (Å²) in [5.74, 6) is -2.74. The SMILES string of the molecule is CNc1cc(F)c(F)c2c1Cc1ncc(-c3cnc4c(c3)c(=O)c(C(=O)O)cn4C)c(N3CC[C@@H](CN4CCCC4)C3)c1-2. The summed E-state index contributed by atoms with van der Waals surface area (Å²) in [6, 6.07) is 2.82. The van der Waals surface area contributed by atoms with Gasteiger partial charge in [-0.15, -0.1) is 0 Å². The molecule has 2 saturated heterocycles. The minimum atomic E-state index is -1.32. The molecule has 3 aliphatic rings. The molecule has 0 spiro atoms. The van der Waals surface area contributed by atoms with Gasteiger partial charge in [0.05, 0.1) is 16.8 Å². The molecular weight excluding hydrogens is 554 g/mol. The van der Waals surface area contributed by atoms with Crippen molar-refractivity contribution in [3.8, 4) is 22.3 Å². The molecule has 11 heteroatoms. The maximum Gasteiger partial charge on any atom is 0.341 e. The first-order valence-electron chi connectivity index (χ1n) is 14.7. The lowest BCUT2D eigenvalue weighted by atomic mass is 9.97. The number of aryl methyl sites for hydroxylation is 1. The van der Waals surface area contributed by atoms with E-state index in [-0.39, 0.29) is 16.5 Å². The van der Waals surface area contributed by atoms with Crippen molar-refractivity contribution >= 4 is 28.4 Å². The van der Waals surface area contributed by atoms with E-state index in [2.05, 4.69) is 20.1 Å². The fourth-order valence-corrected chi connectivity index (χ4v) is 7.15. The Hall–Kier alpha value is -4.38. The van der Waals surface area contributed by atoms with Crippen LogP contribution in [0.1, 0.15) is 40.9 Å². The van der Waals surface area contributed by atoms with Gasteiger partial charge in [-0.3, -0.25) is 9.78 Å². The highest BCUT2D eigenvalue weighted by atomic mass is 19.2. The Labute approximate surface area is 246 Å². The molecule has 1 atom stereocenters. The first kappa shape index (κ1) is 27.5. The Morgan fingerprint density at radius 1 is 1.12 bits per heavy atom. The zero-order valence-corrected chi connectivity index (χ0v) is 24.1. The number of aromatic nitrogens is 3. The molecule has 0 radical (unpaired) electrons. The zero-order valence-electron chi connectivity index (χ0n) is 24.1. The number of likely N-dealkylation sites (tertiary alicyclic amines) is 1. The number of hydrogen-bond acceptors (Lipinski definition) is 7. The lowest BCUT2D eigenvalue weighted by molar-refractivity contribution is 0.0695. The van der Waals surface area contributed by atoms with E-state index < -0.39 is 23.0 Å². The second-order valence-electron chi connectivity index (χ2n) is 11.8. The Bertz CT molecular complexity index is 1870. The summed E-state index contributed by atoms with van der Waals surface area (Å²) in [7, 11) is 3.33. The predicted octanol–water partition coefficient (Wildman–Crippen LogP) is 4.51. The van der Waals surface area contributed by atoms with Gasteiger partial charge in [-0.05, 0) is 49.9 Å². The largest absolute Gasteiger partial charge is 0.477 e. The number of halogens is 2. The molecule has 4 aromatic rings. The van der Waals surface area contributed by atoms with Gasteiger partial charge in [-0.25, -0.2) is 18.6 Å². The van der Waals surface area contributed by atoms with Crippen molar-refractivity contribution in [3.63, 3.8) is 0 Å². The van der Waals surface area contributed by atoms with Crippen LogP contribution in [0.3, 0.4) is 0 Å². The third kappa shape index (κ3) is 4.45. The maximum atomic E-state index is 15.7. The minimum Gasteiger partial charge on any atom is -0.477 e. The molecule has 9 nitrogen and oxygen atoms in total. The highest BCUT2D eigenvalue weighted by Crippen LogP contribution is 2.50. The highest BCUT2D eigenvalue weighted by Gasteiger charge is 2.36. The summed E-state index contributed by atoms with van der Waals surface area (Å²) in [6.45, 7) is 4.68. The first-order valence-corrected chi connectivity index (χ1v) is 14.7. The molecule has 43 heavy (non-hydrogen) atoms. The van der Waals surface area contributed by atoms with Crippen molar-refractivity contribution in [3.05, 3.63) is 69.4 Å². The Morgan fingerprint density at radius 2 is 1.91 bits per heavy atom. The van der Waals surface area contributed by atoms with Gasteiger partial charge in [-0.2, -0.15) is 0 Å². The fourth-order valence-electron chi connectivity index (χ4n) is 7.15. The van der Waals surface area contributed by atoms with Crippen molar-refractivity contribution in [2.75, 3.05) is 50.0 Å². The number of nitrogens with zero attached hydrogens (tertiary/aromatic N) is 5. The number of carboxylic acid groups (broad SMARTS) is 1. The smallest absolute Gasteiger partial charge is 0.341 e. The van der Waals surface area contributed by atoms with E-state index in [0.717, 1.165) is 44.8 Å². The van der Waals surface area contributed by atoms with Crippen LogP contribution in [0.5, 0.6) is 0 Å². The average molecular weight is 587 g/mol. The van der Waals surface area contributed by atoms with Crippen LogP contribution in [-0.2, 0) is 13.5 Å². The number of pyridine rings is 3. The minimum absolute atomic E-state index is 0.162. The molecule has 5 heterocycles. The highest BCUT2D eigenvalue weighted by molar-refractivity contribution is 5.98. The van der Waals surface area contributed by atoms with Gasteiger partial charge in [0.25, 0.3) is 0 Å². The van der Waals surface area contributed by atoms with Crippen LogP contribution in [-0.4, -0.2) is 70.3 Å². The van der Waals surface area contributed by atoms with Crippen LogP contribution in [0, 0.1) is 17.6 Å². The number of anilines is 2. The lowest BCUT2D eigenvalue weighted by Crippen LogP contribution is -2.29. The lowest BCUT2D eigenvalue weighted by Gasteiger charge is -2.27. The second kappa shape index (κ2) is 10.4. The molecule has 2 N–H and O–H groups in total. The van der Waals surface area contributed by atoms with Crippen LogP contribution in [0.4, 0.5) is 20.2 Å². The first-order chi connectivity index (χ1) is 20.7. The summed E-state index contributed by atoms with van der Waals surface area (Å²) >= 11 is 0. The average Bonchev–Trinajstić information content (AvgIpc) is 3.77. The number of aromatic carboxylic acids is 1. The number of carbonyl (C=O) groups is 1. The molecule has 1 aliphatic carbocycles. The summed E-state index contributed by atoms with van der Waals surface area (Å²) in [4.78, 5) is 39.0. The molecule has 2 aliphatic heterocycles. The number of fused-ring (bicyclic) bond motifs is 4. The van der Waals surface area contributed by atoms with Gasteiger partial charge in [-0.1, -0.05) is 0 Å². The molecule has 0 saturated carbocycles. The van der Waals surface area contributed by atoms with Gasteiger partial charge in [0, 0.05) is 92.7 Å². The number of benzene rings is 1. The van der Waals surface area contributed by atoms with E-state index in [1.54, 1.807) is 32.6 Å². The fraction of sp³-hybridized carbons (Fsp3) is 0.375. The summed E-state index contributed by atoms with van der Waals surface area (Å²) < 4.78 is 32.2. The van der Waals surface area contributed by atoms with Crippen molar-refractivity contribution in [1.29, 1.82) is 0 Å². The summed E-state index contributed by atoms with van der Waals surface area (Å²) in [6.07, 6.45) is 8.36. The van der Waals surface area contributed by atoms with Crippen molar-refractivity contribution < 1.29 is 18.7 Å². The summed E-state index contributed by atoms with van der Waals surface area (Å²) in [5.41, 5.74) is 3.92. The van der Waals surface area contributed by atoms with Crippen LogP contribution in [0.25, 0.3) is 33.3 Å². The number of hydrogen-bond donors (Lipinski definition) is 2. The molecule has 0 amide bonds. The zero-order chi connectivity index (χ0) is 30.0. The Morgan fingerprint density at radius 3 is 2.65 bits per heavy atom. The quantitative estimate of drug-likeness (QED) is 0.300. The van der Waals surface area contributed by atoms with Gasteiger partial charge in [0.15, 0.2) is 11.6 Å². The van der Waals surface area contributed by atoms with E-state index in [4.69, 9.17) is 4.98 Å². The predicted molar refractivity (Wildman–Crippen MR) is 161 cm³/mol. The molecule has 0 unspecified atom stereocenters. The third-order valence-electron chi connectivity index (χ3n) is 9.19. The third-order valence-corrected chi connectivity index (χ3v) is 9.19. The molecule has 7 rings (SSSR count). The second-order valence-corrected chi connectivity index (χ2v) is 11.8. The van der Waals surface area contributed by atoms with E-state index in [1.165, 1.54) is 29.7 Å². The van der Waals surface area contributed by atoms with Gasteiger partial charge in [0.1, 0.15) is 11.2 Å². The van der Waals surface area contributed by atoms with Crippen LogP contribution in [0.15, 0.2) is 35.5 Å². The monoisotopic (exact) mass is 586 g/mol. The number of rotatable bonds is 6. The van der Waals surface area contributed by atoms with Crippen LogP contribution in [0.2, 0.25) is 0 Å². The van der Waals surface area contributed by atoms with Crippen LogP contribution >= 0.6 is 0 Å². The summed E-state index contributed by atoms with van der Waals surface area (Å²) in [5, 5.41) is 12.8. The van der Waals surface area contributed by atoms with Gasteiger partial charge in [0.2, 0.25) is 5.43 Å². The van der Waals surface area contributed by atoms with Crippen molar-refractivity contribution in [2.24, 2.45) is 13.0 Å². The van der Waals surface area contributed by atoms with Crippen molar-refractivity contribution in [2.45, 2.75) is 25.7 Å². The maximum absolute atomic E-state index is 15.7.